The van der Waals surface area contributed by atoms with Crippen molar-refractivity contribution in [2.24, 2.45) is 10.9 Å². The predicted octanol–water partition coefficient (Wildman–Crippen LogP) is 1.81. The molecular weight excluding hydrogens is 310 g/mol. The third kappa shape index (κ3) is 2.10. The zero-order valence-corrected chi connectivity index (χ0v) is 13.5. The zero-order chi connectivity index (χ0) is 16.4. The molecule has 0 amide bonds. The standard InChI is InChI=1S/C16H19N5O3/c1-10-2-3-12-13(18-10)23-15(19-12)20-14-17-8-16(24-14)9-21(22)6-4-11(16)5-7-21/h2-3,11H,4-9H2,1H3,(H,17,19,20)/t11?,16-,21?/m0/s1. The number of nitrogens with zero attached hydrogens (tertiary/aromatic N) is 4. The number of nitrogens with one attached hydrogen (secondary N) is 1. The Bertz CT molecular complexity index is 839. The molecule has 8 nitrogen and oxygen atoms in total. The number of amidine groups is 1. The minimum Gasteiger partial charge on any atom is -0.633 e. The number of aryl methyl sites for hydroxylation is 1. The fraction of sp³-hybridized carbons (Fsp3) is 0.562. The Morgan fingerprint density at radius 1 is 1.29 bits per heavy atom. The van der Waals surface area contributed by atoms with Crippen LogP contribution in [0.3, 0.4) is 0 Å². The number of piperidine rings is 3. The third-order valence-corrected chi connectivity index (χ3v) is 5.47. The first-order valence-corrected chi connectivity index (χ1v) is 8.35. The molecular formula is C16H19N5O3. The van der Waals surface area contributed by atoms with E-state index in [-0.39, 0.29) is 4.65 Å². The van der Waals surface area contributed by atoms with Crippen LogP contribution in [0.1, 0.15) is 18.5 Å². The molecule has 4 aliphatic heterocycles. The molecule has 1 N–H and O–H groups in total. The number of quaternary nitrogens is 1. The summed E-state index contributed by atoms with van der Waals surface area (Å²) in [5.74, 6) is 0.405. The van der Waals surface area contributed by atoms with E-state index in [1.165, 1.54) is 0 Å². The van der Waals surface area contributed by atoms with Crippen molar-refractivity contribution in [1.82, 2.24) is 9.97 Å². The predicted molar refractivity (Wildman–Crippen MR) is 87.2 cm³/mol. The number of ether oxygens (including phenoxy) is 1. The van der Waals surface area contributed by atoms with Gasteiger partial charge in [-0.2, -0.15) is 4.98 Å². The summed E-state index contributed by atoms with van der Waals surface area (Å²) >= 11 is 0. The Morgan fingerprint density at radius 2 is 2.12 bits per heavy atom. The van der Waals surface area contributed by atoms with Crippen LogP contribution < -0.4 is 5.32 Å². The molecule has 1 atom stereocenters. The van der Waals surface area contributed by atoms with Gasteiger partial charge < -0.3 is 19.0 Å². The smallest absolute Gasteiger partial charge is 0.305 e. The van der Waals surface area contributed by atoms with Crippen LogP contribution in [0.4, 0.5) is 6.01 Å². The quantitative estimate of drug-likeness (QED) is 0.633. The molecule has 0 aliphatic carbocycles. The van der Waals surface area contributed by atoms with Gasteiger partial charge in [-0.1, -0.05) is 0 Å². The lowest BCUT2D eigenvalue weighted by molar-refractivity contribution is -0.905. The summed E-state index contributed by atoms with van der Waals surface area (Å²) < 4.78 is 11.6. The summed E-state index contributed by atoms with van der Waals surface area (Å²) in [6.07, 6.45) is 1.83. The number of oxazole rings is 1. The molecule has 0 aromatic carbocycles. The summed E-state index contributed by atoms with van der Waals surface area (Å²) in [4.78, 5) is 13.1. The molecule has 8 heteroatoms. The average molecular weight is 329 g/mol. The number of aromatic nitrogens is 2. The molecule has 2 aromatic rings. The highest BCUT2D eigenvalue weighted by Gasteiger charge is 2.56. The van der Waals surface area contributed by atoms with Crippen molar-refractivity contribution in [3.63, 3.8) is 0 Å². The van der Waals surface area contributed by atoms with Crippen LogP contribution in [0.25, 0.3) is 11.2 Å². The van der Waals surface area contributed by atoms with Crippen molar-refractivity contribution in [3.05, 3.63) is 23.0 Å². The molecule has 0 radical (unpaired) electrons. The van der Waals surface area contributed by atoms with Gasteiger partial charge in [-0.15, -0.1) is 0 Å². The number of hydrogen-bond donors (Lipinski definition) is 1. The maximum absolute atomic E-state index is 12.7. The Balaban J connectivity index is 1.35. The molecule has 0 unspecified atom stereocenters. The number of anilines is 1. The SMILES string of the molecule is Cc1ccc2nc(NC3=NC[C@@]4(C[N+]5([O-])CCC4CC5)O3)oc2n1. The molecule has 1 spiro atoms. The number of hydroxylamine groups is 3. The molecule has 6 heterocycles. The first-order chi connectivity index (χ1) is 11.5. The molecule has 3 fully saturated rings. The summed E-state index contributed by atoms with van der Waals surface area (Å²) in [7, 11) is 0. The molecule has 6 rings (SSSR count). The largest absolute Gasteiger partial charge is 0.633 e. The Labute approximate surface area is 138 Å². The number of rotatable bonds is 1. The zero-order valence-electron chi connectivity index (χ0n) is 13.5. The van der Waals surface area contributed by atoms with Crippen molar-refractivity contribution in [3.8, 4) is 0 Å². The Kier molecular flexibility index (Phi) is 2.76. The van der Waals surface area contributed by atoms with E-state index in [0.29, 0.717) is 55.4 Å². The van der Waals surface area contributed by atoms with Gasteiger partial charge in [-0.25, -0.2) is 9.98 Å². The first kappa shape index (κ1) is 14.2. The van der Waals surface area contributed by atoms with Crippen LogP contribution in [0.2, 0.25) is 0 Å². The van der Waals surface area contributed by atoms with Crippen LogP contribution in [-0.2, 0) is 4.74 Å². The van der Waals surface area contributed by atoms with Gasteiger partial charge in [0.2, 0.25) is 5.71 Å². The van der Waals surface area contributed by atoms with Gasteiger partial charge in [0, 0.05) is 24.5 Å². The van der Waals surface area contributed by atoms with E-state index < -0.39 is 5.60 Å². The molecule has 126 valence electrons. The molecule has 0 saturated carbocycles. The summed E-state index contributed by atoms with van der Waals surface area (Å²) in [5, 5.41) is 15.6. The highest BCUT2D eigenvalue weighted by molar-refractivity contribution is 5.89. The second-order valence-corrected chi connectivity index (χ2v) is 7.15. The molecule has 24 heavy (non-hydrogen) atoms. The van der Waals surface area contributed by atoms with E-state index in [2.05, 4.69) is 20.3 Å². The number of aliphatic imine (C=N–C) groups is 1. The van der Waals surface area contributed by atoms with Crippen molar-refractivity contribution in [2.45, 2.75) is 25.4 Å². The van der Waals surface area contributed by atoms with Gasteiger partial charge in [-0.3, -0.25) is 5.32 Å². The van der Waals surface area contributed by atoms with Crippen molar-refractivity contribution in [1.29, 1.82) is 0 Å². The highest BCUT2D eigenvalue weighted by Crippen LogP contribution is 2.44. The average Bonchev–Trinajstić information content (AvgIpc) is 3.11. The fourth-order valence-electron chi connectivity index (χ4n) is 4.22. The van der Waals surface area contributed by atoms with Crippen molar-refractivity contribution >= 4 is 23.3 Å². The summed E-state index contributed by atoms with van der Waals surface area (Å²) in [6.45, 7) is 4.32. The Hall–Kier alpha value is -2.19. The van der Waals surface area contributed by atoms with Crippen LogP contribution in [-0.4, -0.2) is 52.4 Å². The minimum atomic E-state index is -0.457. The van der Waals surface area contributed by atoms with Crippen LogP contribution >= 0.6 is 0 Å². The van der Waals surface area contributed by atoms with Crippen LogP contribution in [0.15, 0.2) is 21.5 Å². The summed E-state index contributed by atoms with van der Waals surface area (Å²) in [6, 6.07) is 4.45. The van der Waals surface area contributed by atoms with E-state index in [4.69, 9.17) is 9.15 Å². The van der Waals surface area contributed by atoms with E-state index >= 15 is 0 Å². The van der Waals surface area contributed by atoms with Crippen LogP contribution in [0, 0.1) is 18.0 Å². The van der Waals surface area contributed by atoms with Gasteiger partial charge in [0.25, 0.3) is 6.02 Å². The van der Waals surface area contributed by atoms with Gasteiger partial charge in [0.05, 0.1) is 19.6 Å². The summed E-state index contributed by atoms with van der Waals surface area (Å²) in [5.41, 5.74) is 1.58. The van der Waals surface area contributed by atoms with Gasteiger partial charge in [0.15, 0.2) is 5.60 Å². The monoisotopic (exact) mass is 329 g/mol. The third-order valence-electron chi connectivity index (χ3n) is 5.47. The second kappa shape index (κ2) is 4.67. The maximum atomic E-state index is 12.7. The van der Waals surface area contributed by atoms with E-state index in [1.807, 2.05) is 19.1 Å². The van der Waals surface area contributed by atoms with Crippen molar-refractivity contribution in [2.75, 3.05) is 31.5 Å². The molecule has 4 aliphatic rings. The molecule has 2 bridgehead atoms. The lowest BCUT2D eigenvalue weighted by atomic mass is 9.75. The number of pyridine rings is 1. The normalized spacial score (nSPS) is 34.6. The lowest BCUT2D eigenvalue weighted by Gasteiger charge is -2.58. The fourth-order valence-corrected chi connectivity index (χ4v) is 4.22. The first-order valence-electron chi connectivity index (χ1n) is 8.35. The van der Waals surface area contributed by atoms with Gasteiger partial charge >= 0.3 is 6.01 Å². The molecule has 2 aromatic heterocycles. The molecule has 3 saturated heterocycles. The van der Waals surface area contributed by atoms with E-state index in [1.54, 1.807) is 0 Å². The van der Waals surface area contributed by atoms with E-state index in [9.17, 15) is 5.21 Å². The van der Waals surface area contributed by atoms with Crippen molar-refractivity contribution < 1.29 is 13.8 Å². The van der Waals surface area contributed by atoms with Gasteiger partial charge in [-0.05, 0) is 19.1 Å². The van der Waals surface area contributed by atoms with Gasteiger partial charge in [0.1, 0.15) is 12.1 Å². The topological polar surface area (TPSA) is 95.6 Å². The number of hydrogen-bond acceptors (Lipinski definition) is 7. The lowest BCUT2D eigenvalue weighted by Crippen LogP contribution is -2.67. The highest BCUT2D eigenvalue weighted by atomic mass is 16.6. The van der Waals surface area contributed by atoms with Crippen LogP contribution in [0.5, 0.6) is 0 Å². The number of fused-ring (bicyclic) bond motifs is 3. The maximum Gasteiger partial charge on any atom is 0.305 e. The van der Waals surface area contributed by atoms with E-state index in [0.717, 1.165) is 18.5 Å². The second-order valence-electron chi connectivity index (χ2n) is 7.15. The minimum absolute atomic E-state index is 0.147. The Morgan fingerprint density at radius 3 is 2.92 bits per heavy atom.